The average Bonchev–Trinajstić information content (AvgIpc) is 3.49. The van der Waals surface area contributed by atoms with Crippen LogP contribution < -0.4 is 4.74 Å². The number of ether oxygens (including phenoxy) is 1. The van der Waals surface area contributed by atoms with Gasteiger partial charge in [0, 0.05) is 28.4 Å². The number of rotatable bonds is 10. The molecule has 7 nitrogen and oxygen atoms in total. The Hall–Kier alpha value is -3.14. The normalized spacial score (nSPS) is 12.4. The molecule has 176 valence electrons. The number of halogens is 2. The van der Waals surface area contributed by atoms with Gasteiger partial charge in [-0.1, -0.05) is 28.9 Å². The Bertz CT molecular complexity index is 1260. The SMILES string of the molecule is Cc1cc(OCc2coc(C=Cc3ccc(Cl)cc3F)n2)ccc1C[S+]([O-])CCn1ccnn1. The predicted molar refractivity (Wildman–Crippen MR) is 129 cm³/mol. The second kappa shape index (κ2) is 11.3. The summed E-state index contributed by atoms with van der Waals surface area (Å²) in [5, 5.41) is 7.97. The highest BCUT2D eigenvalue weighted by Crippen LogP contribution is 2.21. The van der Waals surface area contributed by atoms with Gasteiger partial charge in [-0.05, 0) is 54.0 Å². The van der Waals surface area contributed by atoms with Gasteiger partial charge in [0.2, 0.25) is 5.89 Å². The maximum atomic E-state index is 13.9. The molecule has 0 fully saturated rings. The van der Waals surface area contributed by atoms with E-state index < -0.39 is 17.0 Å². The number of aryl methyl sites for hydroxylation is 2. The molecule has 0 aliphatic rings. The average molecular weight is 501 g/mol. The van der Waals surface area contributed by atoms with Crippen LogP contribution in [0.1, 0.15) is 28.3 Å². The topological polar surface area (TPSA) is 89.0 Å². The van der Waals surface area contributed by atoms with Crippen LogP contribution in [0, 0.1) is 12.7 Å². The highest BCUT2D eigenvalue weighted by atomic mass is 35.5. The zero-order valence-corrected chi connectivity index (χ0v) is 19.9. The molecule has 2 heterocycles. The van der Waals surface area contributed by atoms with Crippen molar-refractivity contribution >= 4 is 34.9 Å². The lowest BCUT2D eigenvalue weighted by Gasteiger charge is -2.13. The molecular formula is C24H22ClFN4O3S. The Balaban J connectivity index is 1.28. The Morgan fingerprint density at radius 1 is 1.24 bits per heavy atom. The molecule has 0 amide bonds. The molecule has 0 aliphatic heterocycles. The van der Waals surface area contributed by atoms with Gasteiger partial charge in [0.1, 0.15) is 41.6 Å². The van der Waals surface area contributed by atoms with Crippen LogP contribution in [0.2, 0.25) is 5.02 Å². The van der Waals surface area contributed by atoms with Gasteiger partial charge in [-0.15, -0.1) is 5.10 Å². The number of hydrogen-bond acceptors (Lipinski definition) is 6. The van der Waals surface area contributed by atoms with Crippen LogP contribution in [-0.2, 0) is 30.1 Å². The van der Waals surface area contributed by atoms with Gasteiger partial charge in [0.05, 0.1) is 12.7 Å². The van der Waals surface area contributed by atoms with Crippen molar-refractivity contribution in [2.75, 3.05) is 5.75 Å². The van der Waals surface area contributed by atoms with E-state index in [0.29, 0.717) is 46.0 Å². The van der Waals surface area contributed by atoms with E-state index in [2.05, 4.69) is 15.3 Å². The molecule has 0 spiro atoms. The molecule has 1 atom stereocenters. The largest absolute Gasteiger partial charge is 0.616 e. The lowest BCUT2D eigenvalue weighted by Crippen LogP contribution is -2.16. The number of hydrogen-bond donors (Lipinski definition) is 0. The van der Waals surface area contributed by atoms with Crippen molar-refractivity contribution in [2.45, 2.75) is 25.8 Å². The van der Waals surface area contributed by atoms with E-state index in [9.17, 15) is 8.94 Å². The van der Waals surface area contributed by atoms with E-state index in [-0.39, 0.29) is 6.61 Å². The van der Waals surface area contributed by atoms with Crippen molar-refractivity contribution in [3.63, 3.8) is 0 Å². The number of benzene rings is 2. The van der Waals surface area contributed by atoms with Gasteiger partial charge in [0.25, 0.3) is 0 Å². The molecule has 4 aromatic rings. The molecule has 0 saturated heterocycles. The van der Waals surface area contributed by atoms with Crippen LogP contribution in [0.15, 0.2) is 59.5 Å². The highest BCUT2D eigenvalue weighted by Gasteiger charge is 2.12. The Kier molecular flexibility index (Phi) is 7.99. The minimum atomic E-state index is -1.01. The van der Waals surface area contributed by atoms with Crippen LogP contribution in [0.3, 0.4) is 0 Å². The van der Waals surface area contributed by atoms with Crippen molar-refractivity contribution in [3.8, 4) is 5.75 Å². The summed E-state index contributed by atoms with van der Waals surface area (Å²) in [6, 6.07) is 10.1. The third kappa shape index (κ3) is 6.69. The summed E-state index contributed by atoms with van der Waals surface area (Å²) in [6.07, 6.45) is 8.00. The van der Waals surface area contributed by atoms with Crippen molar-refractivity contribution < 1.29 is 18.1 Å². The molecule has 0 radical (unpaired) electrons. The Morgan fingerprint density at radius 3 is 2.88 bits per heavy atom. The van der Waals surface area contributed by atoms with E-state index in [1.165, 1.54) is 12.3 Å². The minimum absolute atomic E-state index is 0.218. The van der Waals surface area contributed by atoms with Crippen molar-refractivity contribution in [2.24, 2.45) is 0 Å². The first-order chi connectivity index (χ1) is 16.5. The summed E-state index contributed by atoms with van der Waals surface area (Å²) in [6.45, 7) is 2.75. The van der Waals surface area contributed by atoms with Gasteiger partial charge in [0.15, 0.2) is 0 Å². The molecule has 10 heteroatoms. The lowest BCUT2D eigenvalue weighted by atomic mass is 10.1. The molecule has 34 heavy (non-hydrogen) atoms. The van der Waals surface area contributed by atoms with E-state index in [1.807, 2.05) is 25.1 Å². The second-order valence-corrected chi connectivity index (χ2v) is 9.52. The molecule has 0 N–H and O–H groups in total. The zero-order valence-electron chi connectivity index (χ0n) is 18.4. The van der Waals surface area contributed by atoms with Crippen LogP contribution in [0.4, 0.5) is 4.39 Å². The third-order valence-corrected chi connectivity index (χ3v) is 6.48. The fourth-order valence-electron chi connectivity index (χ4n) is 3.13. The van der Waals surface area contributed by atoms with Crippen LogP contribution in [0.25, 0.3) is 12.2 Å². The minimum Gasteiger partial charge on any atom is -0.616 e. The summed E-state index contributed by atoms with van der Waals surface area (Å²) < 4.78 is 39.2. The van der Waals surface area contributed by atoms with Gasteiger partial charge in [-0.25, -0.2) is 14.1 Å². The fourth-order valence-corrected chi connectivity index (χ4v) is 4.50. The second-order valence-electron chi connectivity index (χ2n) is 7.51. The molecule has 2 aromatic carbocycles. The third-order valence-electron chi connectivity index (χ3n) is 4.97. The molecule has 2 aromatic heterocycles. The maximum absolute atomic E-state index is 13.9. The van der Waals surface area contributed by atoms with Gasteiger partial charge < -0.3 is 13.7 Å². The predicted octanol–water partition coefficient (Wildman–Crippen LogP) is 5.07. The van der Waals surface area contributed by atoms with Crippen LogP contribution >= 0.6 is 11.6 Å². The number of aromatic nitrogens is 4. The van der Waals surface area contributed by atoms with E-state index in [0.717, 1.165) is 11.1 Å². The van der Waals surface area contributed by atoms with Crippen molar-refractivity contribution in [1.82, 2.24) is 20.0 Å². The molecule has 0 saturated carbocycles. The summed E-state index contributed by atoms with van der Waals surface area (Å²) in [7, 11) is 0. The molecule has 4 rings (SSSR count). The first kappa shape index (κ1) is 24.0. The highest BCUT2D eigenvalue weighted by molar-refractivity contribution is 7.90. The number of oxazole rings is 1. The lowest BCUT2D eigenvalue weighted by molar-refractivity contribution is 0.300. The standard InChI is InChI=1S/C24H22ClFN4O3S/c1-17-12-22(6-3-19(17)16-34(31)11-10-30-9-8-27-29-30)32-14-21-15-33-24(28-21)7-4-18-2-5-20(25)13-23(18)26/h2-9,12-13,15H,10-11,14,16H2,1H3. The first-order valence-electron chi connectivity index (χ1n) is 10.5. The van der Waals surface area contributed by atoms with E-state index >= 15 is 0 Å². The van der Waals surface area contributed by atoms with Gasteiger partial charge in [-0.3, -0.25) is 0 Å². The smallest absolute Gasteiger partial charge is 0.218 e. The summed E-state index contributed by atoms with van der Waals surface area (Å²) in [5.41, 5.74) is 3.00. The van der Waals surface area contributed by atoms with Crippen LogP contribution in [-0.4, -0.2) is 30.3 Å². The van der Waals surface area contributed by atoms with Crippen molar-refractivity contribution in [1.29, 1.82) is 0 Å². The fraction of sp³-hybridized carbons (Fsp3) is 0.208. The van der Waals surface area contributed by atoms with Gasteiger partial charge in [-0.2, -0.15) is 0 Å². The zero-order chi connectivity index (χ0) is 23.9. The quantitative estimate of drug-likeness (QED) is 0.283. The summed E-state index contributed by atoms with van der Waals surface area (Å²) >= 11 is 4.76. The summed E-state index contributed by atoms with van der Waals surface area (Å²) in [5.74, 6) is 1.57. The maximum Gasteiger partial charge on any atom is 0.218 e. The van der Waals surface area contributed by atoms with E-state index in [1.54, 1.807) is 41.4 Å². The monoisotopic (exact) mass is 500 g/mol. The number of nitrogens with zero attached hydrogens (tertiary/aromatic N) is 4. The van der Waals surface area contributed by atoms with E-state index in [4.69, 9.17) is 20.8 Å². The first-order valence-corrected chi connectivity index (χ1v) is 12.3. The van der Waals surface area contributed by atoms with Gasteiger partial charge >= 0.3 is 0 Å². The Labute approximate surface area is 204 Å². The molecule has 0 aliphatic carbocycles. The molecule has 0 bridgehead atoms. The van der Waals surface area contributed by atoms with Crippen LogP contribution in [0.5, 0.6) is 5.75 Å². The molecule has 1 unspecified atom stereocenters. The summed E-state index contributed by atoms with van der Waals surface area (Å²) in [4.78, 5) is 4.33. The Morgan fingerprint density at radius 2 is 2.12 bits per heavy atom. The van der Waals surface area contributed by atoms with Crippen molar-refractivity contribution in [3.05, 3.63) is 94.2 Å². The molecular weight excluding hydrogens is 479 g/mol.